The second kappa shape index (κ2) is 22.5. The number of aliphatic imine (C=N–C) groups is 1. The van der Waals surface area contributed by atoms with Crippen molar-refractivity contribution in [2.75, 3.05) is 19.8 Å². The van der Waals surface area contributed by atoms with Gasteiger partial charge in [0.2, 0.25) is 6.08 Å². The van der Waals surface area contributed by atoms with Crippen LogP contribution in [0.4, 0.5) is 0 Å². The summed E-state index contributed by atoms with van der Waals surface area (Å²) in [6, 6.07) is 10.0. The summed E-state index contributed by atoms with van der Waals surface area (Å²) in [7, 11) is 0. The zero-order chi connectivity index (χ0) is 22.2. The van der Waals surface area contributed by atoms with Gasteiger partial charge in [-0.3, -0.25) is 0 Å². The van der Waals surface area contributed by atoms with Gasteiger partial charge in [-0.05, 0) is 19.4 Å². The van der Waals surface area contributed by atoms with Crippen molar-refractivity contribution in [3.63, 3.8) is 0 Å². The highest BCUT2D eigenvalue weighted by Crippen LogP contribution is 1.97. The average Bonchev–Trinajstić information content (AvgIpc) is 2.75. The molecular weight excluding hydrogens is 370 g/mol. The van der Waals surface area contributed by atoms with Crippen molar-refractivity contribution in [3.8, 4) is 0 Å². The summed E-state index contributed by atoms with van der Waals surface area (Å²) in [5.74, 6) is -0.749. The monoisotopic (exact) mass is 399 g/mol. The van der Waals surface area contributed by atoms with E-state index in [1.807, 2.05) is 49.4 Å². The fourth-order valence-corrected chi connectivity index (χ4v) is 1.42. The quantitative estimate of drug-likeness (QED) is 0.153. The van der Waals surface area contributed by atoms with E-state index in [0.29, 0.717) is 19.6 Å². The fourth-order valence-electron chi connectivity index (χ4n) is 1.42. The molecule has 0 unspecified atom stereocenters. The molecule has 1 rings (SSSR count). The molecule has 1 aromatic rings. The predicted octanol–water partition coefficient (Wildman–Crippen LogP) is 4.45. The molecule has 0 heterocycles. The van der Waals surface area contributed by atoms with Crippen LogP contribution in [0.15, 0.2) is 78.9 Å². The van der Waals surface area contributed by atoms with Crippen molar-refractivity contribution in [1.82, 2.24) is 0 Å². The first-order valence-electron chi connectivity index (χ1n) is 8.96. The molecule has 0 aromatic heterocycles. The Morgan fingerprint density at radius 1 is 1.07 bits per heavy atom. The lowest BCUT2D eigenvalue weighted by Crippen LogP contribution is -2.02. The number of ether oxygens (including phenoxy) is 2. The topological polar surface area (TPSA) is 82.0 Å². The van der Waals surface area contributed by atoms with E-state index < -0.39 is 0 Å². The van der Waals surface area contributed by atoms with E-state index in [-0.39, 0.29) is 18.5 Å². The van der Waals surface area contributed by atoms with Crippen molar-refractivity contribution in [2.45, 2.75) is 20.3 Å². The molecule has 0 saturated carbocycles. The van der Waals surface area contributed by atoms with Crippen LogP contribution in [0.3, 0.4) is 0 Å². The van der Waals surface area contributed by atoms with Crippen molar-refractivity contribution in [3.05, 3.63) is 79.4 Å². The molecular formula is C23H29NO5. The Kier molecular flexibility index (Phi) is 21.5. The standard InChI is InChI=1S/C8H11NO3.C8H8.C7H10O2/c1-2-4-8(11)12-6-3-5-9-7-10;1-2-8-6-4-3-5-7-8;1-3-5-6-9-7(8)4-2/h2,4H,3,5-6H2,1H3;2-7H,1H2;3-5H,2,6H2,1H3. The average molecular weight is 399 g/mol. The molecule has 0 bridgehead atoms. The lowest BCUT2D eigenvalue weighted by Gasteiger charge is -1.97. The summed E-state index contributed by atoms with van der Waals surface area (Å²) in [6.45, 7) is 11.4. The maximum absolute atomic E-state index is 10.7. The molecule has 0 fully saturated rings. The molecule has 0 N–H and O–H groups in total. The van der Waals surface area contributed by atoms with Crippen molar-refractivity contribution >= 4 is 24.1 Å². The highest BCUT2D eigenvalue weighted by Gasteiger charge is 1.93. The zero-order valence-electron chi connectivity index (χ0n) is 17.1. The predicted molar refractivity (Wildman–Crippen MR) is 116 cm³/mol. The second-order valence-electron chi connectivity index (χ2n) is 5.01. The van der Waals surface area contributed by atoms with Crippen molar-refractivity contribution in [1.29, 1.82) is 0 Å². The van der Waals surface area contributed by atoms with Gasteiger partial charge < -0.3 is 9.47 Å². The second-order valence-corrected chi connectivity index (χ2v) is 5.01. The summed E-state index contributed by atoms with van der Waals surface area (Å²) in [6.07, 6.45) is 11.4. The molecule has 29 heavy (non-hydrogen) atoms. The summed E-state index contributed by atoms with van der Waals surface area (Å²) in [4.78, 5) is 33.9. The van der Waals surface area contributed by atoms with Gasteiger partial charge in [-0.1, -0.05) is 67.8 Å². The number of hydrogen-bond donors (Lipinski definition) is 0. The fraction of sp³-hybridized carbons (Fsp3) is 0.261. The minimum Gasteiger partial charge on any atom is -0.462 e. The van der Waals surface area contributed by atoms with E-state index in [0.717, 1.165) is 6.08 Å². The third-order valence-electron chi connectivity index (χ3n) is 2.79. The largest absolute Gasteiger partial charge is 0.462 e. The molecule has 0 aliphatic heterocycles. The van der Waals surface area contributed by atoms with Crippen LogP contribution in [-0.4, -0.2) is 37.8 Å². The van der Waals surface area contributed by atoms with Gasteiger partial charge >= 0.3 is 11.9 Å². The number of nitrogens with zero attached hydrogens (tertiary/aromatic N) is 1. The van der Waals surface area contributed by atoms with Gasteiger partial charge in [0.1, 0.15) is 6.61 Å². The van der Waals surface area contributed by atoms with Gasteiger partial charge in [-0.15, -0.1) is 0 Å². The summed E-state index contributed by atoms with van der Waals surface area (Å²) in [5, 5.41) is 0. The number of esters is 2. The molecule has 0 amide bonds. The molecule has 0 aliphatic carbocycles. The first-order chi connectivity index (χ1) is 14.0. The van der Waals surface area contributed by atoms with Crippen LogP contribution >= 0.6 is 0 Å². The highest BCUT2D eigenvalue weighted by molar-refractivity contribution is 5.81. The summed E-state index contributed by atoms with van der Waals surface area (Å²) < 4.78 is 9.30. The maximum Gasteiger partial charge on any atom is 0.330 e. The minimum atomic E-state index is -0.381. The number of isocyanates is 1. The smallest absolute Gasteiger partial charge is 0.330 e. The Morgan fingerprint density at radius 2 is 1.76 bits per heavy atom. The van der Waals surface area contributed by atoms with E-state index in [2.05, 4.69) is 22.9 Å². The third kappa shape index (κ3) is 22.5. The van der Waals surface area contributed by atoms with E-state index in [1.54, 1.807) is 19.1 Å². The van der Waals surface area contributed by atoms with Crippen LogP contribution in [0.1, 0.15) is 25.8 Å². The molecule has 0 spiro atoms. The first-order valence-corrected chi connectivity index (χ1v) is 8.96. The summed E-state index contributed by atoms with van der Waals surface area (Å²) in [5.41, 5.74) is 1.17. The van der Waals surface area contributed by atoms with Gasteiger partial charge in [-0.25, -0.2) is 19.4 Å². The van der Waals surface area contributed by atoms with Crippen LogP contribution in [0, 0.1) is 0 Å². The Hall–Kier alpha value is -3.50. The Morgan fingerprint density at radius 3 is 2.24 bits per heavy atom. The molecule has 6 nitrogen and oxygen atoms in total. The van der Waals surface area contributed by atoms with Crippen LogP contribution in [0.2, 0.25) is 0 Å². The SMILES string of the molecule is C=CC(=O)OCC=CC.C=Cc1ccccc1.CC=CC(=O)OCCCN=C=O. The van der Waals surface area contributed by atoms with E-state index >= 15 is 0 Å². The van der Waals surface area contributed by atoms with Gasteiger partial charge in [-0.2, -0.15) is 0 Å². The number of benzene rings is 1. The lowest BCUT2D eigenvalue weighted by atomic mass is 10.2. The zero-order valence-corrected chi connectivity index (χ0v) is 17.1. The van der Waals surface area contributed by atoms with Crippen molar-refractivity contribution in [2.24, 2.45) is 4.99 Å². The van der Waals surface area contributed by atoms with Crippen LogP contribution in [0.25, 0.3) is 6.08 Å². The van der Waals surface area contributed by atoms with Crippen molar-refractivity contribution < 1.29 is 23.9 Å². The maximum atomic E-state index is 10.7. The summed E-state index contributed by atoms with van der Waals surface area (Å²) >= 11 is 0. The molecule has 0 aliphatic rings. The number of rotatable bonds is 9. The third-order valence-corrected chi connectivity index (χ3v) is 2.79. The molecule has 0 atom stereocenters. The van der Waals surface area contributed by atoms with Crippen LogP contribution < -0.4 is 0 Å². The van der Waals surface area contributed by atoms with E-state index in [4.69, 9.17) is 4.74 Å². The molecule has 0 radical (unpaired) electrons. The Bertz CT molecular complexity index is 686. The number of allylic oxidation sites excluding steroid dienone is 2. The molecule has 6 heteroatoms. The van der Waals surface area contributed by atoms with Gasteiger partial charge in [0.25, 0.3) is 0 Å². The Labute approximate surface area is 172 Å². The van der Waals surface area contributed by atoms with E-state index in [1.165, 1.54) is 17.7 Å². The van der Waals surface area contributed by atoms with Gasteiger partial charge in [0.05, 0.1) is 13.2 Å². The van der Waals surface area contributed by atoms with Crippen LogP contribution in [-0.2, 0) is 23.9 Å². The minimum absolute atomic E-state index is 0.286. The Balaban J connectivity index is 0. The lowest BCUT2D eigenvalue weighted by molar-refractivity contribution is -0.138. The number of hydrogen-bond acceptors (Lipinski definition) is 6. The first kappa shape index (κ1) is 27.7. The molecule has 0 saturated heterocycles. The number of carbonyl (C=O) groups is 2. The van der Waals surface area contributed by atoms with E-state index in [9.17, 15) is 14.4 Å². The van der Waals surface area contributed by atoms with Gasteiger partial charge in [0, 0.05) is 18.6 Å². The normalized spacial score (nSPS) is 9.17. The molecule has 1 aromatic carbocycles. The highest BCUT2D eigenvalue weighted by atomic mass is 16.5. The van der Waals surface area contributed by atoms with Crippen LogP contribution in [0.5, 0.6) is 0 Å². The number of carbonyl (C=O) groups excluding carboxylic acids is 3. The molecule has 156 valence electrons. The van der Waals surface area contributed by atoms with Gasteiger partial charge in [0.15, 0.2) is 0 Å².